The molecule has 0 fully saturated rings. The lowest BCUT2D eigenvalue weighted by atomic mass is 10.2. The van der Waals surface area contributed by atoms with E-state index in [1.807, 2.05) is 7.05 Å². The van der Waals surface area contributed by atoms with Crippen molar-refractivity contribution in [1.82, 2.24) is 0 Å². The molecule has 0 unspecified atom stereocenters. The molecular weight excluding hydrogens is 219 g/mol. The zero-order valence-corrected chi connectivity index (χ0v) is 9.86. The number of nitrogens with two attached hydrogens (primary N) is 1. The van der Waals surface area contributed by atoms with Gasteiger partial charge >= 0.3 is 0 Å². The molecule has 0 aliphatic rings. The quantitative estimate of drug-likeness (QED) is 0.810. The summed E-state index contributed by atoms with van der Waals surface area (Å²) in [6, 6.07) is 3.49. The van der Waals surface area contributed by atoms with E-state index in [0.29, 0.717) is 15.7 Å². The SMILES string of the molecule is CCCN(C)c1cc(Cl)c(Cl)cc1N. The first kappa shape index (κ1) is 11.5. The minimum absolute atomic E-state index is 0.498. The highest BCUT2D eigenvalue weighted by Crippen LogP contribution is 2.32. The molecule has 4 heteroatoms. The number of hydrogen-bond donors (Lipinski definition) is 1. The second kappa shape index (κ2) is 4.76. The third kappa shape index (κ3) is 2.46. The molecule has 0 heterocycles. The summed E-state index contributed by atoms with van der Waals surface area (Å²) in [4.78, 5) is 2.07. The van der Waals surface area contributed by atoms with E-state index >= 15 is 0 Å². The number of nitrogens with zero attached hydrogens (tertiary/aromatic N) is 1. The van der Waals surface area contributed by atoms with Crippen molar-refractivity contribution in [1.29, 1.82) is 0 Å². The standard InChI is InChI=1S/C10H14Cl2N2/c1-3-4-14(2)10-6-8(12)7(11)5-9(10)13/h5-6H,3-4,13H2,1-2H3. The maximum absolute atomic E-state index is 5.92. The third-order valence-corrected chi connectivity index (χ3v) is 2.76. The van der Waals surface area contributed by atoms with Crippen molar-refractivity contribution >= 4 is 34.6 Å². The van der Waals surface area contributed by atoms with Crippen LogP contribution in [0.4, 0.5) is 11.4 Å². The molecule has 0 bridgehead atoms. The Morgan fingerprint density at radius 1 is 1.29 bits per heavy atom. The smallest absolute Gasteiger partial charge is 0.0614 e. The number of rotatable bonds is 3. The number of hydrogen-bond acceptors (Lipinski definition) is 2. The van der Waals surface area contributed by atoms with Gasteiger partial charge in [0.1, 0.15) is 0 Å². The Hall–Kier alpha value is -0.600. The first-order valence-corrected chi connectivity index (χ1v) is 5.27. The van der Waals surface area contributed by atoms with Crippen LogP contribution in [0.3, 0.4) is 0 Å². The summed E-state index contributed by atoms with van der Waals surface area (Å²) in [5.74, 6) is 0. The van der Waals surface area contributed by atoms with Crippen LogP contribution in [0.5, 0.6) is 0 Å². The van der Waals surface area contributed by atoms with Crippen LogP contribution in [0.2, 0.25) is 10.0 Å². The van der Waals surface area contributed by atoms with E-state index in [-0.39, 0.29) is 0 Å². The molecule has 1 rings (SSSR count). The molecular formula is C10H14Cl2N2. The molecule has 78 valence electrons. The van der Waals surface area contributed by atoms with Crippen LogP contribution in [0, 0.1) is 0 Å². The zero-order chi connectivity index (χ0) is 10.7. The van der Waals surface area contributed by atoms with Crippen LogP contribution in [-0.4, -0.2) is 13.6 Å². The molecule has 0 aromatic heterocycles. The molecule has 0 aliphatic heterocycles. The minimum Gasteiger partial charge on any atom is -0.397 e. The molecule has 14 heavy (non-hydrogen) atoms. The van der Waals surface area contributed by atoms with Gasteiger partial charge in [-0.2, -0.15) is 0 Å². The van der Waals surface area contributed by atoms with E-state index in [4.69, 9.17) is 28.9 Å². The van der Waals surface area contributed by atoms with Gasteiger partial charge in [0.2, 0.25) is 0 Å². The molecule has 0 saturated carbocycles. The van der Waals surface area contributed by atoms with E-state index in [1.165, 1.54) is 0 Å². The maximum Gasteiger partial charge on any atom is 0.0614 e. The fourth-order valence-corrected chi connectivity index (χ4v) is 1.67. The summed E-state index contributed by atoms with van der Waals surface area (Å²) in [6.45, 7) is 3.06. The highest BCUT2D eigenvalue weighted by molar-refractivity contribution is 6.42. The average molecular weight is 233 g/mol. The lowest BCUT2D eigenvalue weighted by Gasteiger charge is -2.20. The molecule has 0 spiro atoms. The summed E-state index contributed by atoms with van der Waals surface area (Å²) in [6.07, 6.45) is 1.07. The Bertz CT molecular complexity index is 326. The molecule has 1 aromatic rings. The predicted octanol–water partition coefficient (Wildman–Crippen LogP) is 3.42. The van der Waals surface area contributed by atoms with Crippen molar-refractivity contribution in [2.75, 3.05) is 24.2 Å². The van der Waals surface area contributed by atoms with Gasteiger partial charge in [0, 0.05) is 13.6 Å². The highest BCUT2D eigenvalue weighted by Gasteiger charge is 2.08. The largest absolute Gasteiger partial charge is 0.397 e. The Labute approximate surface area is 94.6 Å². The molecule has 2 nitrogen and oxygen atoms in total. The van der Waals surface area contributed by atoms with Gasteiger partial charge in [0.05, 0.1) is 21.4 Å². The summed E-state index contributed by atoms with van der Waals surface area (Å²) < 4.78 is 0. The Balaban J connectivity index is 3.02. The van der Waals surface area contributed by atoms with Crippen LogP contribution in [0.15, 0.2) is 12.1 Å². The summed E-state index contributed by atoms with van der Waals surface area (Å²) in [7, 11) is 1.99. The molecule has 0 atom stereocenters. The fraction of sp³-hybridized carbons (Fsp3) is 0.400. The van der Waals surface area contributed by atoms with Crippen LogP contribution in [0.25, 0.3) is 0 Å². The second-order valence-electron chi connectivity index (χ2n) is 3.25. The van der Waals surface area contributed by atoms with E-state index in [2.05, 4.69) is 11.8 Å². The monoisotopic (exact) mass is 232 g/mol. The van der Waals surface area contributed by atoms with Gasteiger partial charge in [-0.05, 0) is 18.6 Å². The number of nitrogen functional groups attached to an aromatic ring is 1. The summed E-state index contributed by atoms with van der Waals surface area (Å²) in [5, 5.41) is 1.04. The minimum atomic E-state index is 0.498. The van der Waals surface area contributed by atoms with Crippen LogP contribution in [-0.2, 0) is 0 Å². The van der Waals surface area contributed by atoms with Crippen molar-refractivity contribution in [2.45, 2.75) is 13.3 Å². The van der Waals surface area contributed by atoms with E-state index in [0.717, 1.165) is 18.7 Å². The van der Waals surface area contributed by atoms with Gasteiger partial charge in [-0.15, -0.1) is 0 Å². The number of anilines is 2. The van der Waals surface area contributed by atoms with Gasteiger partial charge in [-0.25, -0.2) is 0 Å². The van der Waals surface area contributed by atoms with Crippen LogP contribution in [0.1, 0.15) is 13.3 Å². The molecule has 0 amide bonds. The summed E-state index contributed by atoms with van der Waals surface area (Å²) in [5.41, 5.74) is 7.43. The molecule has 2 N–H and O–H groups in total. The molecule has 0 saturated heterocycles. The van der Waals surface area contributed by atoms with E-state index < -0.39 is 0 Å². The Morgan fingerprint density at radius 3 is 2.43 bits per heavy atom. The maximum atomic E-state index is 5.92. The molecule has 0 aliphatic carbocycles. The lowest BCUT2D eigenvalue weighted by Crippen LogP contribution is -2.19. The van der Waals surface area contributed by atoms with E-state index in [1.54, 1.807) is 12.1 Å². The normalized spacial score (nSPS) is 10.3. The fourth-order valence-electron chi connectivity index (χ4n) is 1.34. The highest BCUT2D eigenvalue weighted by atomic mass is 35.5. The van der Waals surface area contributed by atoms with Crippen molar-refractivity contribution in [3.05, 3.63) is 22.2 Å². The van der Waals surface area contributed by atoms with Gasteiger partial charge in [-0.1, -0.05) is 30.1 Å². The third-order valence-electron chi connectivity index (χ3n) is 2.04. The van der Waals surface area contributed by atoms with Crippen molar-refractivity contribution in [3.63, 3.8) is 0 Å². The average Bonchev–Trinajstić information content (AvgIpc) is 2.11. The van der Waals surface area contributed by atoms with Crippen LogP contribution < -0.4 is 10.6 Å². The van der Waals surface area contributed by atoms with Gasteiger partial charge in [0.25, 0.3) is 0 Å². The Kier molecular flexibility index (Phi) is 3.90. The molecule has 0 radical (unpaired) electrons. The summed E-state index contributed by atoms with van der Waals surface area (Å²) >= 11 is 11.8. The van der Waals surface area contributed by atoms with Gasteiger partial charge < -0.3 is 10.6 Å². The van der Waals surface area contributed by atoms with Gasteiger partial charge in [-0.3, -0.25) is 0 Å². The predicted molar refractivity (Wildman–Crippen MR) is 64.4 cm³/mol. The van der Waals surface area contributed by atoms with Crippen molar-refractivity contribution < 1.29 is 0 Å². The Morgan fingerprint density at radius 2 is 1.86 bits per heavy atom. The van der Waals surface area contributed by atoms with Crippen LogP contribution >= 0.6 is 23.2 Å². The second-order valence-corrected chi connectivity index (χ2v) is 4.06. The van der Waals surface area contributed by atoms with Crippen molar-refractivity contribution in [3.8, 4) is 0 Å². The van der Waals surface area contributed by atoms with E-state index in [9.17, 15) is 0 Å². The topological polar surface area (TPSA) is 29.3 Å². The van der Waals surface area contributed by atoms with Gasteiger partial charge in [0.15, 0.2) is 0 Å². The number of benzene rings is 1. The zero-order valence-electron chi connectivity index (χ0n) is 8.35. The first-order valence-electron chi connectivity index (χ1n) is 4.52. The lowest BCUT2D eigenvalue weighted by molar-refractivity contribution is 0.853. The molecule has 1 aromatic carbocycles. The first-order chi connectivity index (χ1) is 6.56. The van der Waals surface area contributed by atoms with Crippen molar-refractivity contribution in [2.24, 2.45) is 0 Å². The number of halogens is 2.